The third kappa shape index (κ3) is 6.30. The van der Waals surface area contributed by atoms with Crippen LogP contribution in [0.3, 0.4) is 0 Å². The molecular formula is C28H26I2N2O6S. The van der Waals surface area contributed by atoms with Gasteiger partial charge in [0.15, 0.2) is 10.6 Å². The van der Waals surface area contributed by atoms with Gasteiger partial charge in [-0.05, 0) is 97.2 Å². The molecule has 39 heavy (non-hydrogen) atoms. The first-order chi connectivity index (χ1) is 18.5. The molecule has 0 aliphatic carbocycles. The Morgan fingerprint density at radius 1 is 1.21 bits per heavy atom. The Morgan fingerprint density at radius 2 is 1.92 bits per heavy atom. The van der Waals surface area contributed by atoms with Crippen LogP contribution in [0.25, 0.3) is 6.08 Å². The van der Waals surface area contributed by atoms with Crippen LogP contribution in [0, 0.1) is 7.14 Å². The quantitative estimate of drug-likeness (QED) is 0.196. The molecule has 0 amide bonds. The second-order valence-corrected chi connectivity index (χ2v) is 12.3. The third-order valence-corrected chi connectivity index (χ3v) is 8.07. The number of nitrogens with zero attached hydrogens (tertiary/aromatic N) is 2. The van der Waals surface area contributed by atoms with E-state index in [2.05, 4.69) is 50.2 Å². The fraction of sp³-hybridized carbons (Fsp3) is 0.286. The standard InChI is InChI=1S/C28H26I2N2O6S/c1-6-36-27(35)23-15(4)31-28-32(24(23)19-9-7-8-10-21(19)37-14(2)3)26(34)22(39-28)12-17-11-18(29)13-20(30)25(17)38-16(5)33/h7-14,24H,6H2,1-5H3/b22-12-. The minimum atomic E-state index is -0.804. The van der Waals surface area contributed by atoms with Gasteiger partial charge in [0, 0.05) is 21.6 Å². The molecule has 0 N–H and O–H groups in total. The number of esters is 2. The molecule has 8 nitrogen and oxygen atoms in total. The van der Waals surface area contributed by atoms with E-state index < -0.39 is 18.0 Å². The van der Waals surface area contributed by atoms with Gasteiger partial charge in [0.05, 0.1) is 32.1 Å². The SMILES string of the molecule is CCOC(=O)C1=C(C)N=c2s/c(=C\c3cc(I)cc(I)c3OC(C)=O)c(=O)n2C1c1ccccc1OC(C)C. The van der Waals surface area contributed by atoms with E-state index in [4.69, 9.17) is 14.2 Å². The van der Waals surface area contributed by atoms with E-state index in [-0.39, 0.29) is 23.8 Å². The van der Waals surface area contributed by atoms with Crippen LogP contribution >= 0.6 is 56.5 Å². The summed E-state index contributed by atoms with van der Waals surface area (Å²) in [6.45, 7) is 8.82. The summed E-state index contributed by atoms with van der Waals surface area (Å²) in [6.07, 6.45) is 1.57. The molecule has 0 radical (unpaired) electrons. The Hall–Kier alpha value is -2.52. The highest BCUT2D eigenvalue weighted by Crippen LogP contribution is 2.36. The van der Waals surface area contributed by atoms with Gasteiger partial charge >= 0.3 is 11.9 Å². The van der Waals surface area contributed by atoms with Crippen LogP contribution in [-0.4, -0.2) is 29.2 Å². The monoisotopic (exact) mass is 772 g/mol. The predicted molar refractivity (Wildman–Crippen MR) is 166 cm³/mol. The number of thiazole rings is 1. The second-order valence-electron chi connectivity index (χ2n) is 8.91. The number of carbonyl (C=O) groups is 2. The minimum absolute atomic E-state index is 0.124. The number of rotatable bonds is 7. The van der Waals surface area contributed by atoms with Gasteiger partial charge in [0.1, 0.15) is 11.8 Å². The summed E-state index contributed by atoms with van der Waals surface area (Å²) in [7, 11) is 0. The van der Waals surface area contributed by atoms with Crippen molar-refractivity contribution in [2.45, 2.75) is 46.8 Å². The molecule has 4 rings (SSSR count). The molecule has 0 fully saturated rings. The summed E-state index contributed by atoms with van der Waals surface area (Å²) in [4.78, 5) is 44.1. The Balaban J connectivity index is 2.01. The van der Waals surface area contributed by atoms with Crippen molar-refractivity contribution in [1.29, 1.82) is 0 Å². The topological polar surface area (TPSA) is 96.2 Å². The Kier molecular flexibility index (Phi) is 9.32. The van der Waals surface area contributed by atoms with Gasteiger partial charge in [-0.15, -0.1) is 0 Å². The fourth-order valence-corrected chi connectivity index (χ4v) is 7.27. The number of hydrogen-bond donors (Lipinski definition) is 0. The van der Waals surface area contributed by atoms with E-state index in [1.165, 1.54) is 22.8 Å². The number of hydrogen-bond acceptors (Lipinski definition) is 8. The van der Waals surface area contributed by atoms with Crippen molar-refractivity contribution in [1.82, 2.24) is 4.57 Å². The number of ether oxygens (including phenoxy) is 3. The average molecular weight is 772 g/mol. The minimum Gasteiger partial charge on any atom is -0.491 e. The predicted octanol–water partition coefficient (Wildman–Crippen LogP) is 4.72. The Bertz CT molecular complexity index is 1670. The average Bonchev–Trinajstić information content (AvgIpc) is 3.14. The normalized spacial score (nSPS) is 15.2. The van der Waals surface area contributed by atoms with Crippen molar-refractivity contribution in [2.24, 2.45) is 4.99 Å². The van der Waals surface area contributed by atoms with E-state index in [1.54, 1.807) is 19.9 Å². The summed E-state index contributed by atoms with van der Waals surface area (Å²) in [5.41, 5.74) is 1.66. The van der Waals surface area contributed by atoms with Crippen LogP contribution in [0.15, 0.2) is 57.5 Å². The number of aromatic nitrogens is 1. The van der Waals surface area contributed by atoms with Crippen LogP contribution in [0.1, 0.15) is 51.8 Å². The van der Waals surface area contributed by atoms with E-state index in [0.717, 1.165) is 7.14 Å². The number of allylic oxidation sites excluding steroid dienone is 1. The largest absolute Gasteiger partial charge is 0.491 e. The third-order valence-electron chi connectivity index (χ3n) is 5.66. The number of benzene rings is 2. The molecule has 0 saturated heterocycles. The molecule has 1 unspecified atom stereocenters. The van der Waals surface area contributed by atoms with Crippen molar-refractivity contribution in [2.75, 3.05) is 6.61 Å². The number of carbonyl (C=O) groups excluding carboxylic acids is 2. The molecule has 3 aromatic rings. The van der Waals surface area contributed by atoms with Crippen molar-refractivity contribution >= 4 is 74.5 Å². The van der Waals surface area contributed by atoms with Crippen molar-refractivity contribution in [3.05, 3.63) is 85.6 Å². The highest BCUT2D eigenvalue weighted by Gasteiger charge is 2.35. The first-order valence-electron chi connectivity index (χ1n) is 12.1. The van der Waals surface area contributed by atoms with Gasteiger partial charge in [-0.3, -0.25) is 14.2 Å². The van der Waals surface area contributed by atoms with Crippen LogP contribution in [-0.2, 0) is 14.3 Å². The Morgan fingerprint density at radius 3 is 2.59 bits per heavy atom. The lowest BCUT2D eigenvalue weighted by molar-refractivity contribution is -0.139. The van der Waals surface area contributed by atoms with Gasteiger partial charge in [0.2, 0.25) is 0 Å². The van der Waals surface area contributed by atoms with Gasteiger partial charge < -0.3 is 14.2 Å². The Labute approximate surface area is 256 Å². The number of halogens is 2. The zero-order valence-corrected chi connectivity index (χ0v) is 27.0. The highest BCUT2D eigenvalue weighted by atomic mass is 127. The van der Waals surface area contributed by atoms with Crippen LogP contribution in [0.4, 0.5) is 0 Å². The van der Waals surface area contributed by atoms with Gasteiger partial charge in [-0.2, -0.15) is 0 Å². The smallest absolute Gasteiger partial charge is 0.338 e. The molecule has 11 heteroatoms. The fourth-order valence-electron chi connectivity index (χ4n) is 4.23. The van der Waals surface area contributed by atoms with Gasteiger partial charge in [-0.1, -0.05) is 29.5 Å². The molecule has 0 spiro atoms. The van der Waals surface area contributed by atoms with Crippen molar-refractivity contribution in [3.63, 3.8) is 0 Å². The van der Waals surface area contributed by atoms with E-state index in [0.29, 0.717) is 37.7 Å². The van der Waals surface area contributed by atoms with Crippen LogP contribution in [0.5, 0.6) is 11.5 Å². The molecule has 1 atom stereocenters. The zero-order valence-electron chi connectivity index (χ0n) is 21.9. The maximum absolute atomic E-state index is 14.0. The molecule has 2 aromatic carbocycles. The summed E-state index contributed by atoms with van der Waals surface area (Å²) in [6, 6.07) is 10.3. The maximum atomic E-state index is 14.0. The lowest BCUT2D eigenvalue weighted by Gasteiger charge is -2.26. The first kappa shape index (κ1) is 29.5. The molecule has 2 heterocycles. The lowest BCUT2D eigenvalue weighted by atomic mass is 9.95. The zero-order chi connectivity index (χ0) is 28.4. The maximum Gasteiger partial charge on any atom is 0.338 e. The summed E-state index contributed by atoms with van der Waals surface area (Å²) in [5.74, 6) is -0.0544. The van der Waals surface area contributed by atoms with E-state index in [9.17, 15) is 14.4 Å². The highest BCUT2D eigenvalue weighted by molar-refractivity contribution is 14.1. The molecule has 1 aromatic heterocycles. The second kappa shape index (κ2) is 12.3. The van der Waals surface area contributed by atoms with Gasteiger partial charge in [0.25, 0.3) is 5.56 Å². The van der Waals surface area contributed by atoms with Crippen molar-refractivity contribution in [3.8, 4) is 11.5 Å². The molecule has 0 bridgehead atoms. The first-order valence-corrected chi connectivity index (χ1v) is 15.1. The number of para-hydroxylation sites is 1. The molecule has 0 saturated carbocycles. The van der Waals surface area contributed by atoms with Crippen molar-refractivity contribution < 1.29 is 23.8 Å². The molecule has 204 valence electrons. The summed E-state index contributed by atoms with van der Waals surface area (Å²) in [5, 5.41) is 0. The van der Waals surface area contributed by atoms with Crippen LogP contribution in [0.2, 0.25) is 0 Å². The van der Waals surface area contributed by atoms with Crippen LogP contribution < -0.4 is 24.4 Å². The number of fused-ring (bicyclic) bond motifs is 1. The molecule has 1 aliphatic rings. The summed E-state index contributed by atoms with van der Waals surface area (Å²) >= 11 is 5.48. The summed E-state index contributed by atoms with van der Waals surface area (Å²) < 4.78 is 20.5. The van der Waals surface area contributed by atoms with Gasteiger partial charge in [-0.25, -0.2) is 9.79 Å². The lowest BCUT2D eigenvalue weighted by Crippen LogP contribution is -2.40. The molecular weight excluding hydrogens is 746 g/mol. The van der Waals surface area contributed by atoms with E-state index in [1.807, 2.05) is 50.2 Å². The molecule has 1 aliphatic heterocycles. The van der Waals surface area contributed by atoms with E-state index >= 15 is 0 Å².